The van der Waals surface area contributed by atoms with Gasteiger partial charge in [0.15, 0.2) is 0 Å². The zero-order valence-electron chi connectivity index (χ0n) is 20.3. The number of benzene rings is 1. The number of aromatic nitrogens is 1. The van der Waals surface area contributed by atoms with Gasteiger partial charge in [0.25, 0.3) is 0 Å². The molecule has 2 heterocycles. The van der Waals surface area contributed by atoms with Gasteiger partial charge in [0.1, 0.15) is 18.1 Å². The summed E-state index contributed by atoms with van der Waals surface area (Å²) in [7, 11) is 0. The van der Waals surface area contributed by atoms with Gasteiger partial charge in [0.2, 0.25) is 17.7 Å². The van der Waals surface area contributed by atoms with Crippen molar-refractivity contribution in [2.24, 2.45) is 11.8 Å². The fourth-order valence-corrected chi connectivity index (χ4v) is 5.22. The summed E-state index contributed by atoms with van der Waals surface area (Å²) in [5.41, 5.74) is 3.08. The number of amides is 3. The molecule has 3 atom stereocenters. The zero-order valence-corrected chi connectivity index (χ0v) is 20.3. The molecule has 34 heavy (non-hydrogen) atoms. The molecule has 4 rings (SSSR count). The standard InChI is InChI=1S/C27H34N4O3/c1-16(2)13-22-25(32)30-23(21-14-19-7-5-6-8-20(19)15-21)27(34)31(22)24(26(33)29-17(3)4)18-9-11-28-12-10-18/h5-12,16-17,21-24H,13-15H2,1-4H3,(H,29,33)(H,30,32). The van der Waals surface area contributed by atoms with Crippen LogP contribution in [0, 0.1) is 11.8 Å². The van der Waals surface area contributed by atoms with Gasteiger partial charge in [0.05, 0.1) is 0 Å². The van der Waals surface area contributed by atoms with Crippen molar-refractivity contribution in [3.05, 3.63) is 65.5 Å². The number of hydrogen-bond acceptors (Lipinski definition) is 4. The summed E-state index contributed by atoms with van der Waals surface area (Å²) < 4.78 is 0. The van der Waals surface area contributed by atoms with Crippen molar-refractivity contribution >= 4 is 17.7 Å². The highest BCUT2D eigenvalue weighted by molar-refractivity contribution is 6.00. The van der Waals surface area contributed by atoms with E-state index in [1.54, 1.807) is 29.4 Å². The fourth-order valence-electron chi connectivity index (χ4n) is 5.22. The molecular weight excluding hydrogens is 428 g/mol. The lowest BCUT2D eigenvalue weighted by Crippen LogP contribution is -2.67. The van der Waals surface area contributed by atoms with Crippen LogP contribution in [0.25, 0.3) is 0 Å². The van der Waals surface area contributed by atoms with Gasteiger partial charge < -0.3 is 15.5 Å². The van der Waals surface area contributed by atoms with E-state index in [2.05, 4.69) is 27.8 Å². The second-order valence-electron chi connectivity index (χ2n) is 10.2. The van der Waals surface area contributed by atoms with Crippen LogP contribution >= 0.6 is 0 Å². The SMILES string of the molecule is CC(C)CC1C(=O)NC(C2Cc3ccccc3C2)C(=O)N1C(C(=O)NC(C)C)c1ccncc1. The number of piperazine rings is 1. The predicted octanol–water partition coefficient (Wildman–Crippen LogP) is 2.80. The normalized spacial score (nSPS) is 21.5. The van der Waals surface area contributed by atoms with E-state index in [0.29, 0.717) is 12.0 Å². The Bertz CT molecular complexity index is 1030. The van der Waals surface area contributed by atoms with Gasteiger partial charge in [-0.05, 0) is 73.8 Å². The van der Waals surface area contributed by atoms with Crippen LogP contribution in [0.3, 0.4) is 0 Å². The van der Waals surface area contributed by atoms with Gasteiger partial charge in [-0.25, -0.2) is 0 Å². The molecule has 0 radical (unpaired) electrons. The Kier molecular flexibility index (Phi) is 7.00. The number of hydrogen-bond donors (Lipinski definition) is 2. The first-order valence-electron chi connectivity index (χ1n) is 12.2. The maximum Gasteiger partial charge on any atom is 0.247 e. The first-order valence-corrected chi connectivity index (χ1v) is 12.2. The Morgan fingerprint density at radius 3 is 2.24 bits per heavy atom. The van der Waals surface area contributed by atoms with Crippen LogP contribution < -0.4 is 10.6 Å². The van der Waals surface area contributed by atoms with E-state index in [0.717, 1.165) is 12.8 Å². The molecule has 1 aromatic heterocycles. The molecule has 0 bridgehead atoms. The molecular formula is C27H34N4O3. The quantitative estimate of drug-likeness (QED) is 0.662. The van der Waals surface area contributed by atoms with Crippen LogP contribution in [0.2, 0.25) is 0 Å². The smallest absolute Gasteiger partial charge is 0.247 e. The maximum atomic E-state index is 14.1. The van der Waals surface area contributed by atoms with Gasteiger partial charge >= 0.3 is 0 Å². The van der Waals surface area contributed by atoms with Crippen molar-refractivity contribution in [2.75, 3.05) is 0 Å². The van der Waals surface area contributed by atoms with Crippen LogP contribution in [0.1, 0.15) is 56.8 Å². The van der Waals surface area contributed by atoms with E-state index in [9.17, 15) is 14.4 Å². The molecule has 1 aliphatic heterocycles. The minimum absolute atomic E-state index is 0.0393. The average Bonchev–Trinajstić information content (AvgIpc) is 3.22. The van der Waals surface area contributed by atoms with Crippen molar-refractivity contribution in [1.82, 2.24) is 20.5 Å². The van der Waals surface area contributed by atoms with Crippen LogP contribution in [-0.2, 0) is 27.2 Å². The van der Waals surface area contributed by atoms with Gasteiger partial charge in [0, 0.05) is 18.4 Å². The third kappa shape index (κ3) is 4.83. The number of rotatable bonds is 7. The second-order valence-corrected chi connectivity index (χ2v) is 10.2. The molecule has 1 aliphatic carbocycles. The largest absolute Gasteiger partial charge is 0.352 e. The van der Waals surface area contributed by atoms with Gasteiger partial charge in [-0.1, -0.05) is 38.1 Å². The molecule has 2 aliphatic rings. The lowest BCUT2D eigenvalue weighted by molar-refractivity contribution is -0.158. The highest BCUT2D eigenvalue weighted by atomic mass is 16.2. The van der Waals surface area contributed by atoms with E-state index in [1.165, 1.54) is 11.1 Å². The molecule has 1 saturated heterocycles. The highest BCUT2D eigenvalue weighted by Crippen LogP contribution is 2.35. The number of carbonyl (C=O) groups is 3. The second kappa shape index (κ2) is 9.95. The Labute approximate surface area is 201 Å². The predicted molar refractivity (Wildman–Crippen MR) is 130 cm³/mol. The van der Waals surface area contributed by atoms with E-state index < -0.39 is 18.1 Å². The van der Waals surface area contributed by atoms with Gasteiger partial charge in [-0.2, -0.15) is 0 Å². The first kappa shape index (κ1) is 23.9. The number of carbonyl (C=O) groups excluding carboxylic acids is 3. The molecule has 1 fully saturated rings. The van der Waals surface area contributed by atoms with Crippen molar-refractivity contribution in [2.45, 2.75) is 71.1 Å². The Morgan fingerprint density at radius 2 is 1.68 bits per heavy atom. The van der Waals surface area contributed by atoms with Crippen LogP contribution in [0.4, 0.5) is 0 Å². The van der Waals surface area contributed by atoms with E-state index >= 15 is 0 Å². The Hall–Kier alpha value is -3.22. The van der Waals surface area contributed by atoms with Crippen molar-refractivity contribution < 1.29 is 14.4 Å². The van der Waals surface area contributed by atoms with Crippen molar-refractivity contribution in [3.8, 4) is 0 Å². The topological polar surface area (TPSA) is 91.4 Å². The van der Waals surface area contributed by atoms with Crippen LogP contribution in [0.5, 0.6) is 0 Å². The van der Waals surface area contributed by atoms with Crippen LogP contribution in [0.15, 0.2) is 48.8 Å². The molecule has 0 saturated carbocycles. The first-order chi connectivity index (χ1) is 16.3. The third-order valence-electron chi connectivity index (χ3n) is 6.68. The number of nitrogens with zero attached hydrogens (tertiary/aromatic N) is 2. The average molecular weight is 463 g/mol. The van der Waals surface area contributed by atoms with E-state index in [-0.39, 0.29) is 35.6 Å². The minimum Gasteiger partial charge on any atom is -0.352 e. The van der Waals surface area contributed by atoms with E-state index in [1.807, 2.05) is 39.8 Å². The molecule has 2 N–H and O–H groups in total. The summed E-state index contributed by atoms with van der Waals surface area (Å²) in [6.45, 7) is 7.81. The molecule has 7 nitrogen and oxygen atoms in total. The Balaban J connectivity index is 1.73. The minimum atomic E-state index is -0.904. The third-order valence-corrected chi connectivity index (χ3v) is 6.68. The molecule has 180 valence electrons. The summed E-state index contributed by atoms with van der Waals surface area (Å²) in [5, 5.41) is 6.00. The zero-order chi connectivity index (χ0) is 24.4. The van der Waals surface area contributed by atoms with Crippen LogP contribution in [-0.4, -0.2) is 45.7 Å². The summed E-state index contributed by atoms with van der Waals surface area (Å²) >= 11 is 0. The van der Waals surface area contributed by atoms with Gasteiger partial charge in [-0.3, -0.25) is 19.4 Å². The van der Waals surface area contributed by atoms with Gasteiger partial charge in [-0.15, -0.1) is 0 Å². The molecule has 7 heteroatoms. The lowest BCUT2D eigenvalue weighted by atomic mass is 9.88. The lowest BCUT2D eigenvalue weighted by Gasteiger charge is -2.45. The molecule has 2 aromatic rings. The fraction of sp³-hybridized carbons (Fsp3) is 0.481. The summed E-state index contributed by atoms with van der Waals surface area (Å²) in [4.78, 5) is 46.7. The molecule has 1 aromatic carbocycles. The summed E-state index contributed by atoms with van der Waals surface area (Å²) in [6.07, 6.45) is 5.16. The number of pyridine rings is 1. The number of fused-ring (bicyclic) bond motifs is 1. The molecule has 3 amide bonds. The van der Waals surface area contributed by atoms with E-state index in [4.69, 9.17) is 0 Å². The maximum absolute atomic E-state index is 14.1. The van der Waals surface area contributed by atoms with Crippen molar-refractivity contribution in [3.63, 3.8) is 0 Å². The number of nitrogens with one attached hydrogen (secondary N) is 2. The summed E-state index contributed by atoms with van der Waals surface area (Å²) in [5.74, 6) is -0.534. The monoisotopic (exact) mass is 462 g/mol. The highest BCUT2D eigenvalue weighted by Gasteiger charge is 2.49. The Morgan fingerprint density at radius 1 is 1.06 bits per heavy atom. The summed E-state index contributed by atoms with van der Waals surface area (Å²) in [6, 6.07) is 9.27. The van der Waals surface area contributed by atoms with Crippen molar-refractivity contribution in [1.29, 1.82) is 0 Å². The molecule has 0 spiro atoms. The molecule has 3 unspecified atom stereocenters.